The summed E-state index contributed by atoms with van der Waals surface area (Å²) in [7, 11) is 3.11. The van der Waals surface area contributed by atoms with Crippen LogP contribution >= 0.6 is 15.9 Å². The van der Waals surface area contributed by atoms with Gasteiger partial charge >= 0.3 is 0 Å². The predicted octanol–water partition coefficient (Wildman–Crippen LogP) is 2.73. The minimum Gasteiger partial charge on any atom is -0.506 e. The fraction of sp³-hybridized carbons (Fsp3) is 0.400. The van der Waals surface area contributed by atoms with Gasteiger partial charge in [-0.3, -0.25) is 0 Å². The monoisotopic (exact) mass is 260 g/mol. The van der Waals surface area contributed by atoms with Crippen LogP contribution in [0.3, 0.4) is 0 Å². The Morgan fingerprint density at radius 2 is 2.00 bits per heavy atom. The molecule has 4 heteroatoms. The van der Waals surface area contributed by atoms with E-state index in [2.05, 4.69) is 15.9 Å². The van der Waals surface area contributed by atoms with E-state index in [9.17, 15) is 5.11 Å². The third-order valence-corrected chi connectivity index (χ3v) is 2.78. The van der Waals surface area contributed by atoms with Gasteiger partial charge in [0.1, 0.15) is 10.2 Å². The summed E-state index contributed by atoms with van der Waals surface area (Å²) in [5.74, 6) is 1.35. The number of benzene rings is 1. The van der Waals surface area contributed by atoms with Crippen LogP contribution in [-0.2, 0) is 6.42 Å². The Hall–Kier alpha value is -0.900. The van der Waals surface area contributed by atoms with Gasteiger partial charge in [-0.15, -0.1) is 0 Å². The van der Waals surface area contributed by atoms with Crippen LogP contribution in [0.1, 0.15) is 12.5 Å². The van der Waals surface area contributed by atoms with Crippen LogP contribution in [0.5, 0.6) is 17.2 Å². The molecular formula is C10H13BrO3. The number of ether oxygens (including phenoxy) is 2. The van der Waals surface area contributed by atoms with Gasteiger partial charge in [0.15, 0.2) is 11.5 Å². The Balaban J connectivity index is 3.38. The number of aromatic hydroxyl groups is 1. The van der Waals surface area contributed by atoms with Crippen molar-refractivity contribution < 1.29 is 14.6 Å². The van der Waals surface area contributed by atoms with Crippen molar-refractivity contribution in [2.45, 2.75) is 13.3 Å². The van der Waals surface area contributed by atoms with Crippen LogP contribution in [0.2, 0.25) is 0 Å². The maximum absolute atomic E-state index is 9.75. The molecule has 0 spiro atoms. The Morgan fingerprint density at radius 3 is 2.43 bits per heavy atom. The van der Waals surface area contributed by atoms with E-state index >= 15 is 0 Å². The second-order valence-electron chi connectivity index (χ2n) is 2.79. The van der Waals surface area contributed by atoms with Crippen molar-refractivity contribution in [3.8, 4) is 17.2 Å². The summed E-state index contributed by atoms with van der Waals surface area (Å²) < 4.78 is 10.8. The number of aryl methyl sites for hydroxylation is 1. The highest BCUT2D eigenvalue weighted by molar-refractivity contribution is 9.10. The lowest BCUT2D eigenvalue weighted by Crippen LogP contribution is -1.94. The zero-order valence-electron chi connectivity index (χ0n) is 8.43. The molecular weight excluding hydrogens is 248 g/mol. The van der Waals surface area contributed by atoms with Crippen LogP contribution in [0.15, 0.2) is 10.5 Å². The molecule has 0 aromatic heterocycles. The minimum absolute atomic E-state index is 0.213. The normalized spacial score (nSPS) is 10.0. The maximum atomic E-state index is 9.75. The quantitative estimate of drug-likeness (QED) is 0.909. The molecule has 0 aliphatic rings. The van der Waals surface area contributed by atoms with Gasteiger partial charge in [-0.05, 0) is 34.0 Å². The number of methoxy groups -OCH3 is 2. The molecule has 0 heterocycles. The van der Waals surface area contributed by atoms with Crippen LogP contribution in [0.4, 0.5) is 0 Å². The van der Waals surface area contributed by atoms with Gasteiger partial charge in [-0.1, -0.05) is 6.92 Å². The van der Waals surface area contributed by atoms with E-state index in [-0.39, 0.29) is 5.75 Å². The van der Waals surface area contributed by atoms with Crippen molar-refractivity contribution in [2.24, 2.45) is 0 Å². The number of rotatable bonds is 3. The largest absolute Gasteiger partial charge is 0.506 e. The zero-order valence-corrected chi connectivity index (χ0v) is 10.0. The van der Waals surface area contributed by atoms with Crippen LogP contribution in [0, 0.1) is 0 Å². The first kappa shape index (κ1) is 11.2. The number of phenolic OH excluding ortho intramolecular Hbond substituents is 1. The number of hydrogen-bond donors (Lipinski definition) is 1. The van der Waals surface area contributed by atoms with E-state index in [4.69, 9.17) is 9.47 Å². The van der Waals surface area contributed by atoms with E-state index in [0.29, 0.717) is 16.0 Å². The predicted molar refractivity (Wildman–Crippen MR) is 58.3 cm³/mol. The Kier molecular flexibility index (Phi) is 3.63. The lowest BCUT2D eigenvalue weighted by atomic mass is 10.1. The van der Waals surface area contributed by atoms with Gasteiger partial charge in [0, 0.05) is 0 Å². The highest BCUT2D eigenvalue weighted by atomic mass is 79.9. The minimum atomic E-state index is 0.213. The van der Waals surface area contributed by atoms with Gasteiger partial charge in [0.2, 0.25) is 0 Å². The lowest BCUT2D eigenvalue weighted by Gasteiger charge is -2.13. The molecule has 14 heavy (non-hydrogen) atoms. The molecule has 0 radical (unpaired) electrons. The number of halogens is 1. The molecule has 0 unspecified atom stereocenters. The summed E-state index contributed by atoms with van der Waals surface area (Å²) in [6.45, 7) is 1.97. The van der Waals surface area contributed by atoms with E-state index in [1.54, 1.807) is 13.2 Å². The first-order valence-electron chi connectivity index (χ1n) is 4.28. The second kappa shape index (κ2) is 4.55. The number of hydrogen-bond acceptors (Lipinski definition) is 3. The fourth-order valence-electron chi connectivity index (χ4n) is 1.26. The van der Waals surface area contributed by atoms with Gasteiger partial charge in [0.25, 0.3) is 0 Å². The Bertz CT molecular complexity index is 337. The van der Waals surface area contributed by atoms with Gasteiger partial charge in [0.05, 0.1) is 14.2 Å². The van der Waals surface area contributed by atoms with Crippen LogP contribution < -0.4 is 9.47 Å². The maximum Gasteiger partial charge on any atom is 0.178 e. The van der Waals surface area contributed by atoms with E-state index in [1.807, 2.05) is 6.92 Å². The van der Waals surface area contributed by atoms with Crippen molar-refractivity contribution >= 4 is 15.9 Å². The molecule has 1 rings (SSSR count). The van der Waals surface area contributed by atoms with E-state index < -0.39 is 0 Å². The molecule has 0 fully saturated rings. The van der Waals surface area contributed by atoms with Crippen molar-refractivity contribution in [2.75, 3.05) is 14.2 Å². The van der Waals surface area contributed by atoms with E-state index in [1.165, 1.54) is 7.11 Å². The average Bonchev–Trinajstić information content (AvgIpc) is 2.21. The zero-order chi connectivity index (χ0) is 10.7. The molecule has 0 aliphatic heterocycles. The molecule has 0 saturated carbocycles. The summed E-state index contributed by atoms with van der Waals surface area (Å²) >= 11 is 3.27. The van der Waals surface area contributed by atoms with Crippen molar-refractivity contribution in [1.29, 1.82) is 0 Å². The summed E-state index contributed by atoms with van der Waals surface area (Å²) in [6.07, 6.45) is 0.741. The Morgan fingerprint density at radius 1 is 1.36 bits per heavy atom. The summed E-state index contributed by atoms with van der Waals surface area (Å²) in [4.78, 5) is 0. The summed E-state index contributed by atoms with van der Waals surface area (Å²) in [6, 6.07) is 1.78. The van der Waals surface area contributed by atoms with Crippen molar-refractivity contribution in [1.82, 2.24) is 0 Å². The third kappa shape index (κ3) is 1.80. The molecule has 1 N–H and O–H groups in total. The molecule has 0 saturated heterocycles. The first-order chi connectivity index (χ1) is 6.65. The number of phenols is 1. The van der Waals surface area contributed by atoms with Gasteiger partial charge in [-0.2, -0.15) is 0 Å². The molecule has 0 aliphatic carbocycles. The molecule has 3 nitrogen and oxygen atoms in total. The lowest BCUT2D eigenvalue weighted by molar-refractivity contribution is 0.348. The molecule has 0 bridgehead atoms. The van der Waals surface area contributed by atoms with Crippen LogP contribution in [0.25, 0.3) is 0 Å². The summed E-state index contributed by atoms with van der Waals surface area (Å²) in [5.41, 5.74) is 0.828. The van der Waals surface area contributed by atoms with Gasteiger partial charge in [-0.25, -0.2) is 0 Å². The average molecular weight is 261 g/mol. The van der Waals surface area contributed by atoms with Crippen molar-refractivity contribution in [3.05, 3.63) is 16.1 Å². The van der Waals surface area contributed by atoms with E-state index in [0.717, 1.165) is 12.0 Å². The smallest absolute Gasteiger partial charge is 0.178 e. The molecule has 0 atom stereocenters. The molecule has 1 aromatic carbocycles. The standard InChI is InChI=1S/C10H13BrO3/c1-4-6-5-7(13-2)10(14-3)8(11)9(6)12/h5,12H,4H2,1-3H3. The topological polar surface area (TPSA) is 38.7 Å². The highest BCUT2D eigenvalue weighted by Crippen LogP contribution is 2.43. The molecule has 78 valence electrons. The molecule has 0 amide bonds. The van der Waals surface area contributed by atoms with Crippen LogP contribution in [-0.4, -0.2) is 19.3 Å². The molecule has 1 aromatic rings. The highest BCUT2D eigenvalue weighted by Gasteiger charge is 2.15. The third-order valence-electron chi connectivity index (χ3n) is 2.05. The fourth-order valence-corrected chi connectivity index (χ4v) is 1.87. The van der Waals surface area contributed by atoms with Crippen molar-refractivity contribution in [3.63, 3.8) is 0 Å². The Labute approximate surface area is 91.8 Å². The summed E-state index contributed by atoms with van der Waals surface area (Å²) in [5, 5.41) is 9.75. The first-order valence-corrected chi connectivity index (χ1v) is 5.07. The SMILES string of the molecule is CCc1cc(OC)c(OC)c(Br)c1O. The second-order valence-corrected chi connectivity index (χ2v) is 3.58. The van der Waals surface area contributed by atoms with Gasteiger partial charge < -0.3 is 14.6 Å².